The van der Waals surface area contributed by atoms with Crippen LogP contribution in [0.5, 0.6) is 0 Å². The number of aliphatic carboxylic acids is 1. The molecule has 2 amide bonds. The largest absolute Gasteiger partial charge is 0.477 e. The summed E-state index contributed by atoms with van der Waals surface area (Å²) in [5.74, 6) is -2.48. The van der Waals surface area contributed by atoms with Crippen LogP contribution >= 0.6 is 23.4 Å². The number of nitrogens with one attached hydrogen (secondary N) is 1. The van der Waals surface area contributed by atoms with Crippen LogP contribution in [0, 0.1) is 13.8 Å². The van der Waals surface area contributed by atoms with Crippen molar-refractivity contribution in [2.24, 2.45) is 0 Å². The fraction of sp³-hybridized carbons (Fsp3) is 0.526. The van der Waals surface area contributed by atoms with Gasteiger partial charge in [-0.05, 0) is 20.3 Å². The average Bonchev–Trinajstić information content (AvgIpc) is 2.97. The summed E-state index contributed by atoms with van der Waals surface area (Å²) >= 11 is 7.50. The molecular weight excluding hydrogens is 448 g/mol. The second kappa shape index (κ2) is 8.91. The van der Waals surface area contributed by atoms with Crippen LogP contribution in [0.3, 0.4) is 0 Å². The first-order chi connectivity index (χ1) is 14.6. The van der Waals surface area contributed by atoms with Gasteiger partial charge < -0.3 is 15.2 Å². The highest BCUT2D eigenvalue weighted by Crippen LogP contribution is 2.40. The first kappa shape index (κ1) is 23.1. The van der Waals surface area contributed by atoms with E-state index in [0.29, 0.717) is 28.4 Å². The lowest BCUT2D eigenvalue weighted by Gasteiger charge is -2.49. The van der Waals surface area contributed by atoms with Gasteiger partial charge in [0.25, 0.3) is 5.91 Å². The van der Waals surface area contributed by atoms with Gasteiger partial charge in [-0.15, -0.1) is 11.8 Å². The third-order valence-electron chi connectivity index (χ3n) is 5.22. The summed E-state index contributed by atoms with van der Waals surface area (Å²) in [5.41, 5.74) is 1.40. The van der Waals surface area contributed by atoms with Crippen molar-refractivity contribution in [3.63, 3.8) is 0 Å². The quantitative estimate of drug-likeness (QED) is 0.451. The van der Waals surface area contributed by atoms with E-state index in [4.69, 9.17) is 16.3 Å². The van der Waals surface area contributed by atoms with Gasteiger partial charge in [0, 0.05) is 18.2 Å². The van der Waals surface area contributed by atoms with Gasteiger partial charge >= 0.3 is 11.9 Å². The van der Waals surface area contributed by atoms with Crippen molar-refractivity contribution in [2.75, 3.05) is 12.4 Å². The number of nitrogens with zero attached hydrogens (tertiary/aromatic N) is 3. The molecule has 1 aromatic rings. The number of carboxylic acid groups (broad SMARTS) is 1. The normalized spacial score (nSPS) is 21.3. The smallest absolute Gasteiger partial charge is 0.352 e. The van der Waals surface area contributed by atoms with Crippen molar-refractivity contribution in [3.8, 4) is 0 Å². The van der Waals surface area contributed by atoms with Gasteiger partial charge in [0.05, 0.1) is 16.4 Å². The van der Waals surface area contributed by atoms with Crippen LogP contribution in [0.1, 0.15) is 37.7 Å². The number of aryl methyl sites for hydroxylation is 1. The number of carbonyl (C=O) groups is 4. The molecule has 2 aliphatic rings. The number of β-lactam (4-membered cyclic amide) rings is 1. The SMILES string of the molecule is CC[C@H](C(=O)N[C@@H]1C(=O)N2C(C(=O)O)=C(COC(C)=O)CS[C@@H]12)n1nc(C)c(Cl)c1C. The molecule has 3 heterocycles. The molecule has 168 valence electrons. The number of esters is 1. The molecule has 3 atom stereocenters. The topological polar surface area (TPSA) is 131 Å². The number of thioether (sulfide) groups is 1. The van der Waals surface area contributed by atoms with E-state index in [1.807, 2.05) is 6.92 Å². The number of amides is 2. The van der Waals surface area contributed by atoms with E-state index < -0.39 is 41.2 Å². The van der Waals surface area contributed by atoms with E-state index in [1.165, 1.54) is 18.7 Å². The maximum absolute atomic E-state index is 12.9. The number of carboxylic acids is 1. The first-order valence-electron chi connectivity index (χ1n) is 9.63. The van der Waals surface area contributed by atoms with Crippen LogP contribution in [-0.2, 0) is 23.9 Å². The molecule has 0 unspecified atom stereocenters. The second-order valence-electron chi connectivity index (χ2n) is 7.29. The summed E-state index contributed by atoms with van der Waals surface area (Å²) in [6.45, 7) is 6.36. The molecular formula is C19H23ClN4O6S. The predicted molar refractivity (Wildman–Crippen MR) is 112 cm³/mol. The van der Waals surface area contributed by atoms with Gasteiger partial charge in [0.2, 0.25) is 5.91 Å². The molecule has 2 aliphatic heterocycles. The number of ether oxygens (including phenoxy) is 1. The van der Waals surface area contributed by atoms with E-state index in [0.717, 1.165) is 4.90 Å². The molecule has 0 aromatic carbocycles. The zero-order valence-electron chi connectivity index (χ0n) is 17.5. The Labute approximate surface area is 187 Å². The Morgan fingerprint density at radius 1 is 1.39 bits per heavy atom. The maximum atomic E-state index is 12.9. The van der Waals surface area contributed by atoms with E-state index >= 15 is 0 Å². The number of carbonyl (C=O) groups excluding carboxylic acids is 3. The Morgan fingerprint density at radius 3 is 2.58 bits per heavy atom. The Kier molecular flexibility index (Phi) is 6.65. The van der Waals surface area contributed by atoms with E-state index in [-0.39, 0.29) is 18.1 Å². The van der Waals surface area contributed by atoms with Crippen molar-refractivity contribution in [1.29, 1.82) is 0 Å². The summed E-state index contributed by atoms with van der Waals surface area (Å²) < 4.78 is 6.46. The third kappa shape index (κ3) is 4.16. The lowest BCUT2D eigenvalue weighted by Crippen LogP contribution is -2.71. The molecule has 3 rings (SSSR count). The molecule has 0 spiro atoms. The minimum absolute atomic E-state index is 0.196. The summed E-state index contributed by atoms with van der Waals surface area (Å²) in [7, 11) is 0. The minimum atomic E-state index is -1.28. The van der Waals surface area contributed by atoms with Crippen LogP contribution in [0.4, 0.5) is 0 Å². The molecule has 0 radical (unpaired) electrons. The summed E-state index contributed by atoms with van der Waals surface area (Å²) in [6, 6.07) is -1.51. The zero-order valence-corrected chi connectivity index (χ0v) is 19.0. The number of hydrogen-bond acceptors (Lipinski definition) is 7. The lowest BCUT2D eigenvalue weighted by molar-refractivity contribution is -0.151. The number of fused-ring (bicyclic) bond motifs is 1. The molecule has 1 aromatic heterocycles. The summed E-state index contributed by atoms with van der Waals surface area (Å²) in [5, 5.41) is 16.6. The van der Waals surface area contributed by atoms with Gasteiger partial charge in [-0.2, -0.15) is 5.10 Å². The van der Waals surface area contributed by atoms with Crippen LogP contribution < -0.4 is 5.32 Å². The predicted octanol–water partition coefficient (Wildman–Crippen LogP) is 1.41. The van der Waals surface area contributed by atoms with Gasteiger partial charge in [-0.25, -0.2) is 4.79 Å². The van der Waals surface area contributed by atoms with Crippen LogP contribution in [0.15, 0.2) is 11.3 Å². The molecule has 31 heavy (non-hydrogen) atoms. The van der Waals surface area contributed by atoms with Crippen molar-refractivity contribution >= 4 is 47.1 Å². The van der Waals surface area contributed by atoms with Gasteiger partial charge in [0.15, 0.2) is 0 Å². The zero-order chi connectivity index (χ0) is 23.0. The Balaban J connectivity index is 1.77. The number of hydrogen-bond donors (Lipinski definition) is 2. The number of aromatic nitrogens is 2. The Morgan fingerprint density at radius 2 is 2.06 bits per heavy atom. The molecule has 10 nitrogen and oxygen atoms in total. The monoisotopic (exact) mass is 470 g/mol. The fourth-order valence-electron chi connectivity index (χ4n) is 3.65. The highest BCUT2D eigenvalue weighted by molar-refractivity contribution is 8.00. The van der Waals surface area contributed by atoms with E-state index in [9.17, 15) is 24.3 Å². The van der Waals surface area contributed by atoms with Gasteiger partial charge in [-0.1, -0.05) is 18.5 Å². The van der Waals surface area contributed by atoms with Crippen molar-refractivity contribution in [2.45, 2.75) is 51.6 Å². The van der Waals surface area contributed by atoms with Crippen molar-refractivity contribution in [3.05, 3.63) is 27.7 Å². The molecule has 1 saturated heterocycles. The highest BCUT2D eigenvalue weighted by atomic mass is 35.5. The van der Waals surface area contributed by atoms with E-state index in [2.05, 4.69) is 10.4 Å². The Bertz CT molecular complexity index is 990. The first-order valence-corrected chi connectivity index (χ1v) is 11.1. The van der Waals surface area contributed by atoms with Crippen molar-refractivity contribution < 1.29 is 29.0 Å². The average molecular weight is 471 g/mol. The number of halogens is 1. The standard InChI is InChI=1S/C19H23ClN4O6S/c1-5-12(24-9(3)13(20)8(2)22-24)16(26)21-14-17(27)23-15(19(28)29)11(6-30-10(4)25)7-31-18(14)23/h12,14,18H,5-7H2,1-4H3,(H,21,26)(H,28,29)/t12-,14-,18+/m1/s1. The molecule has 0 bridgehead atoms. The lowest BCUT2D eigenvalue weighted by atomic mass is 10.0. The molecule has 0 aliphatic carbocycles. The van der Waals surface area contributed by atoms with Gasteiger partial charge in [-0.3, -0.25) is 24.0 Å². The van der Waals surface area contributed by atoms with Crippen molar-refractivity contribution in [1.82, 2.24) is 20.0 Å². The molecule has 12 heteroatoms. The Hall–Kier alpha value is -2.53. The second-order valence-corrected chi connectivity index (χ2v) is 8.77. The molecule has 0 saturated carbocycles. The number of rotatable bonds is 7. The fourth-order valence-corrected chi connectivity index (χ4v) is 5.10. The minimum Gasteiger partial charge on any atom is -0.477 e. The van der Waals surface area contributed by atoms with E-state index in [1.54, 1.807) is 18.5 Å². The van der Waals surface area contributed by atoms with Crippen LogP contribution in [0.25, 0.3) is 0 Å². The highest BCUT2D eigenvalue weighted by Gasteiger charge is 2.54. The molecule has 1 fully saturated rings. The molecule has 2 N–H and O–H groups in total. The summed E-state index contributed by atoms with van der Waals surface area (Å²) in [6.07, 6.45) is 0.430. The van der Waals surface area contributed by atoms with Crippen LogP contribution in [0.2, 0.25) is 5.02 Å². The van der Waals surface area contributed by atoms with Crippen LogP contribution in [-0.4, -0.2) is 67.3 Å². The summed E-state index contributed by atoms with van der Waals surface area (Å²) in [4.78, 5) is 49.7. The third-order valence-corrected chi connectivity index (χ3v) is 7.11. The maximum Gasteiger partial charge on any atom is 0.352 e. The van der Waals surface area contributed by atoms with Gasteiger partial charge in [0.1, 0.15) is 29.8 Å².